The summed E-state index contributed by atoms with van der Waals surface area (Å²) in [6.07, 6.45) is 6.55. The van der Waals surface area contributed by atoms with Gasteiger partial charge in [0, 0.05) is 25.5 Å². The van der Waals surface area contributed by atoms with Crippen LogP contribution in [-0.2, 0) is 4.79 Å². The minimum absolute atomic E-state index is 0.161. The predicted octanol–water partition coefficient (Wildman–Crippen LogP) is 0.845. The molecule has 1 saturated heterocycles. The molecule has 0 spiro atoms. The number of aromatic nitrogens is 1. The van der Waals surface area contributed by atoms with Crippen molar-refractivity contribution in [1.29, 1.82) is 0 Å². The van der Waals surface area contributed by atoms with Crippen LogP contribution in [0.5, 0.6) is 0 Å². The molecule has 1 amide bonds. The molecule has 0 radical (unpaired) electrons. The third-order valence-corrected chi connectivity index (χ3v) is 3.59. The van der Waals surface area contributed by atoms with Crippen LogP contribution in [0.1, 0.15) is 37.4 Å². The first-order chi connectivity index (χ1) is 9.20. The third-order valence-electron chi connectivity index (χ3n) is 3.59. The Morgan fingerprint density at radius 3 is 2.37 bits per heavy atom. The number of aliphatic hydroxyl groups is 1. The van der Waals surface area contributed by atoms with Crippen LogP contribution < -0.4 is 5.73 Å². The lowest BCUT2D eigenvalue weighted by Crippen LogP contribution is -2.47. The van der Waals surface area contributed by atoms with E-state index in [0.717, 1.165) is 38.8 Å². The number of amides is 1. The SMILES string of the molecule is N[C@@H](C(=O)N1CCCCCC1)[C@@H](O)c1ccncc1. The molecule has 0 unspecified atom stereocenters. The first-order valence-electron chi connectivity index (χ1n) is 6.82. The van der Waals surface area contributed by atoms with Crippen LogP contribution in [0.15, 0.2) is 24.5 Å². The largest absolute Gasteiger partial charge is 0.386 e. The van der Waals surface area contributed by atoms with Crippen LogP contribution >= 0.6 is 0 Å². The third kappa shape index (κ3) is 3.52. The van der Waals surface area contributed by atoms with Gasteiger partial charge in [0.1, 0.15) is 12.1 Å². The van der Waals surface area contributed by atoms with Crippen LogP contribution in [0.3, 0.4) is 0 Å². The summed E-state index contributed by atoms with van der Waals surface area (Å²) < 4.78 is 0. The van der Waals surface area contributed by atoms with Crippen molar-refractivity contribution >= 4 is 5.91 Å². The summed E-state index contributed by atoms with van der Waals surface area (Å²) >= 11 is 0. The highest BCUT2D eigenvalue weighted by atomic mass is 16.3. The lowest BCUT2D eigenvalue weighted by atomic mass is 10.0. The fourth-order valence-corrected chi connectivity index (χ4v) is 2.40. The van der Waals surface area contributed by atoms with Crippen LogP contribution in [0, 0.1) is 0 Å². The lowest BCUT2D eigenvalue weighted by molar-refractivity contribution is -0.135. The van der Waals surface area contributed by atoms with E-state index < -0.39 is 12.1 Å². The van der Waals surface area contributed by atoms with Crippen LogP contribution in [-0.4, -0.2) is 40.0 Å². The van der Waals surface area contributed by atoms with Gasteiger partial charge in [-0.1, -0.05) is 12.8 Å². The average Bonchev–Trinajstić information content (AvgIpc) is 2.75. The molecule has 1 fully saturated rings. The first kappa shape index (κ1) is 14.0. The van der Waals surface area contributed by atoms with E-state index in [0.29, 0.717) is 5.56 Å². The zero-order valence-corrected chi connectivity index (χ0v) is 11.0. The predicted molar refractivity (Wildman–Crippen MR) is 72.2 cm³/mol. The molecular weight excluding hydrogens is 242 g/mol. The van der Waals surface area contributed by atoms with Crippen LogP contribution in [0.4, 0.5) is 0 Å². The Bertz CT molecular complexity index is 402. The Hall–Kier alpha value is -1.46. The summed E-state index contributed by atoms with van der Waals surface area (Å²) in [7, 11) is 0. The number of pyridine rings is 1. The summed E-state index contributed by atoms with van der Waals surface area (Å²) in [5.74, 6) is -0.161. The van der Waals surface area contributed by atoms with E-state index in [9.17, 15) is 9.90 Å². The molecule has 0 saturated carbocycles. The number of hydrogen-bond acceptors (Lipinski definition) is 4. The van der Waals surface area contributed by atoms with Gasteiger partial charge in [0.2, 0.25) is 5.91 Å². The summed E-state index contributed by atoms with van der Waals surface area (Å²) in [5, 5.41) is 10.2. The standard InChI is InChI=1S/C14H21N3O2/c15-12(13(18)11-5-7-16-8-6-11)14(19)17-9-3-1-2-4-10-17/h5-8,12-13,18H,1-4,9-10,15H2/t12-,13+/m1/s1. The molecule has 0 aromatic carbocycles. The molecule has 0 aliphatic carbocycles. The topological polar surface area (TPSA) is 79.5 Å². The molecule has 0 bridgehead atoms. The van der Waals surface area contributed by atoms with E-state index in [4.69, 9.17) is 5.73 Å². The summed E-state index contributed by atoms with van der Waals surface area (Å²) in [6, 6.07) is 2.46. The van der Waals surface area contributed by atoms with E-state index in [2.05, 4.69) is 4.98 Å². The van der Waals surface area contributed by atoms with Crippen molar-refractivity contribution in [2.24, 2.45) is 5.73 Å². The monoisotopic (exact) mass is 263 g/mol. The molecule has 1 aliphatic rings. The van der Waals surface area contributed by atoms with Crippen molar-refractivity contribution in [2.45, 2.75) is 37.8 Å². The number of rotatable bonds is 3. The molecule has 5 nitrogen and oxygen atoms in total. The number of nitrogens with zero attached hydrogens (tertiary/aromatic N) is 2. The highest BCUT2D eigenvalue weighted by Gasteiger charge is 2.28. The fraction of sp³-hybridized carbons (Fsp3) is 0.571. The molecule has 5 heteroatoms. The second kappa shape index (κ2) is 6.63. The Morgan fingerprint density at radius 2 is 1.79 bits per heavy atom. The van der Waals surface area contributed by atoms with Crippen LogP contribution in [0.25, 0.3) is 0 Å². The number of hydrogen-bond donors (Lipinski definition) is 2. The van der Waals surface area contributed by atoms with Crippen LogP contribution in [0.2, 0.25) is 0 Å². The van der Waals surface area contributed by atoms with Gasteiger partial charge in [-0.05, 0) is 30.5 Å². The molecule has 1 aromatic rings. The first-order valence-corrected chi connectivity index (χ1v) is 6.82. The Labute approximate surface area is 113 Å². The Morgan fingerprint density at radius 1 is 1.21 bits per heavy atom. The quantitative estimate of drug-likeness (QED) is 0.847. The second-order valence-electron chi connectivity index (χ2n) is 4.99. The molecule has 2 rings (SSSR count). The number of aliphatic hydroxyl groups excluding tert-OH is 1. The van der Waals surface area contributed by atoms with Crippen molar-refractivity contribution in [1.82, 2.24) is 9.88 Å². The van der Waals surface area contributed by atoms with Gasteiger partial charge in [0.25, 0.3) is 0 Å². The van der Waals surface area contributed by atoms with Gasteiger partial charge >= 0.3 is 0 Å². The summed E-state index contributed by atoms with van der Waals surface area (Å²) in [4.78, 5) is 18.0. The fourth-order valence-electron chi connectivity index (χ4n) is 2.40. The van der Waals surface area contributed by atoms with Crippen molar-refractivity contribution in [3.05, 3.63) is 30.1 Å². The van der Waals surface area contributed by atoms with Gasteiger partial charge in [0.05, 0.1) is 0 Å². The highest BCUT2D eigenvalue weighted by molar-refractivity contribution is 5.82. The lowest BCUT2D eigenvalue weighted by Gasteiger charge is -2.26. The molecule has 2 heterocycles. The van der Waals surface area contributed by atoms with Crippen molar-refractivity contribution in [2.75, 3.05) is 13.1 Å². The van der Waals surface area contributed by atoms with Gasteiger partial charge in [0.15, 0.2) is 0 Å². The maximum Gasteiger partial charge on any atom is 0.242 e. The molecular formula is C14H21N3O2. The van der Waals surface area contributed by atoms with Crippen molar-refractivity contribution < 1.29 is 9.90 Å². The van der Waals surface area contributed by atoms with E-state index in [-0.39, 0.29) is 5.91 Å². The maximum atomic E-state index is 12.3. The minimum atomic E-state index is -0.973. The summed E-state index contributed by atoms with van der Waals surface area (Å²) in [6.45, 7) is 1.49. The van der Waals surface area contributed by atoms with E-state index in [1.165, 1.54) is 0 Å². The number of nitrogens with two attached hydrogens (primary N) is 1. The molecule has 2 atom stereocenters. The maximum absolute atomic E-state index is 12.3. The number of likely N-dealkylation sites (tertiary alicyclic amines) is 1. The number of carbonyl (C=O) groups excluding carboxylic acids is 1. The Balaban J connectivity index is 2.01. The van der Waals surface area contributed by atoms with E-state index in [1.54, 1.807) is 29.4 Å². The summed E-state index contributed by atoms with van der Waals surface area (Å²) in [5.41, 5.74) is 6.54. The molecule has 3 N–H and O–H groups in total. The zero-order valence-electron chi connectivity index (χ0n) is 11.0. The highest BCUT2D eigenvalue weighted by Crippen LogP contribution is 2.18. The average molecular weight is 263 g/mol. The normalized spacial score (nSPS) is 19.6. The van der Waals surface area contributed by atoms with Crippen molar-refractivity contribution in [3.63, 3.8) is 0 Å². The molecule has 19 heavy (non-hydrogen) atoms. The van der Waals surface area contributed by atoms with Crippen molar-refractivity contribution in [3.8, 4) is 0 Å². The minimum Gasteiger partial charge on any atom is -0.386 e. The van der Waals surface area contributed by atoms with E-state index >= 15 is 0 Å². The smallest absolute Gasteiger partial charge is 0.242 e. The van der Waals surface area contributed by atoms with Gasteiger partial charge in [-0.3, -0.25) is 9.78 Å². The second-order valence-corrected chi connectivity index (χ2v) is 4.99. The number of carbonyl (C=O) groups is 1. The van der Waals surface area contributed by atoms with Gasteiger partial charge < -0.3 is 15.7 Å². The molecule has 104 valence electrons. The van der Waals surface area contributed by atoms with Gasteiger partial charge in [-0.2, -0.15) is 0 Å². The molecule has 1 aromatic heterocycles. The van der Waals surface area contributed by atoms with Gasteiger partial charge in [-0.15, -0.1) is 0 Å². The van der Waals surface area contributed by atoms with Gasteiger partial charge in [-0.25, -0.2) is 0 Å². The Kier molecular flexibility index (Phi) is 4.87. The van der Waals surface area contributed by atoms with E-state index in [1.807, 2.05) is 0 Å². The zero-order chi connectivity index (χ0) is 13.7. The molecule has 1 aliphatic heterocycles.